The number of anilines is 1. The van der Waals surface area contributed by atoms with Gasteiger partial charge in [0.25, 0.3) is 5.69 Å². The molecule has 0 saturated heterocycles. The van der Waals surface area contributed by atoms with Crippen molar-refractivity contribution < 1.29 is 9.66 Å². The molecule has 0 aliphatic heterocycles. The summed E-state index contributed by atoms with van der Waals surface area (Å²) in [5.74, 6) is 3.02. The summed E-state index contributed by atoms with van der Waals surface area (Å²) in [6, 6.07) is 4.66. The third-order valence-corrected chi connectivity index (χ3v) is 2.31. The fourth-order valence-electron chi connectivity index (χ4n) is 1.62. The fraction of sp³-hybridized carbons (Fsp3) is 0.429. The largest absolute Gasteiger partial charge is 0.491 e. The number of hydrogen-bond donors (Lipinski definition) is 1. The van der Waals surface area contributed by atoms with E-state index < -0.39 is 4.92 Å². The van der Waals surface area contributed by atoms with Crippen LogP contribution in [0, 0.1) is 22.5 Å². The highest BCUT2D eigenvalue weighted by molar-refractivity contribution is 5.56. The second-order valence-corrected chi connectivity index (χ2v) is 4.59. The Labute approximate surface area is 113 Å². The zero-order valence-electron chi connectivity index (χ0n) is 11.3. The average Bonchev–Trinajstić information content (AvgIpc) is 2.27. The Morgan fingerprint density at radius 1 is 1.42 bits per heavy atom. The van der Waals surface area contributed by atoms with Crippen LogP contribution in [-0.4, -0.2) is 17.1 Å². The smallest absolute Gasteiger partial charge is 0.275 e. The third-order valence-electron chi connectivity index (χ3n) is 2.31. The Hall–Kier alpha value is -2.22. The minimum absolute atomic E-state index is 0.00597. The van der Waals surface area contributed by atoms with Gasteiger partial charge < -0.3 is 10.1 Å². The van der Waals surface area contributed by atoms with E-state index in [-0.39, 0.29) is 17.8 Å². The second-order valence-electron chi connectivity index (χ2n) is 4.59. The number of nitrogens with zero attached hydrogens (tertiary/aromatic N) is 1. The molecule has 0 aliphatic rings. The molecule has 1 rings (SSSR count). The van der Waals surface area contributed by atoms with Crippen LogP contribution in [0.3, 0.4) is 0 Å². The Balaban J connectivity index is 2.99. The summed E-state index contributed by atoms with van der Waals surface area (Å²) in [6.45, 7) is 5.65. The molecular formula is C14H18N2O3. The zero-order chi connectivity index (χ0) is 14.4. The lowest BCUT2D eigenvalue weighted by Crippen LogP contribution is -2.14. The molecule has 1 aromatic carbocycles. The van der Waals surface area contributed by atoms with Gasteiger partial charge in [-0.3, -0.25) is 10.1 Å². The van der Waals surface area contributed by atoms with Crippen molar-refractivity contribution in [2.45, 2.75) is 39.3 Å². The van der Waals surface area contributed by atoms with Crippen LogP contribution in [0.15, 0.2) is 18.2 Å². The van der Waals surface area contributed by atoms with Gasteiger partial charge in [0.1, 0.15) is 5.75 Å². The molecule has 0 amide bonds. The van der Waals surface area contributed by atoms with Crippen LogP contribution in [0.2, 0.25) is 0 Å². The SMILES string of the molecule is C#CCC(C)Nc1cc(OC(C)C)cc([N+](=O)[O-])c1. The van der Waals surface area contributed by atoms with Crippen molar-refractivity contribution in [1.29, 1.82) is 0 Å². The maximum Gasteiger partial charge on any atom is 0.275 e. The predicted octanol–water partition coefficient (Wildman–Crippen LogP) is 3.21. The highest BCUT2D eigenvalue weighted by Crippen LogP contribution is 2.27. The number of benzene rings is 1. The summed E-state index contributed by atoms with van der Waals surface area (Å²) in [4.78, 5) is 10.5. The molecule has 1 atom stereocenters. The van der Waals surface area contributed by atoms with Crippen molar-refractivity contribution in [3.05, 3.63) is 28.3 Å². The summed E-state index contributed by atoms with van der Waals surface area (Å²) >= 11 is 0. The monoisotopic (exact) mass is 262 g/mol. The van der Waals surface area contributed by atoms with Gasteiger partial charge in [0.05, 0.1) is 17.1 Å². The van der Waals surface area contributed by atoms with Gasteiger partial charge in [-0.25, -0.2) is 0 Å². The maximum atomic E-state index is 10.9. The van der Waals surface area contributed by atoms with Gasteiger partial charge in [-0.2, -0.15) is 0 Å². The number of ether oxygens (including phenoxy) is 1. The van der Waals surface area contributed by atoms with E-state index >= 15 is 0 Å². The van der Waals surface area contributed by atoms with Crippen LogP contribution in [0.5, 0.6) is 5.75 Å². The standard InChI is InChI=1S/C14H18N2O3/c1-5-6-11(4)15-12-7-13(16(17)18)9-14(8-12)19-10(2)3/h1,7-11,15H,6H2,2-4H3. The molecule has 0 heterocycles. The van der Waals surface area contributed by atoms with Crippen LogP contribution in [0.1, 0.15) is 27.2 Å². The molecule has 1 aromatic rings. The van der Waals surface area contributed by atoms with E-state index in [1.165, 1.54) is 12.1 Å². The molecule has 1 N–H and O–H groups in total. The lowest BCUT2D eigenvalue weighted by Gasteiger charge is -2.15. The summed E-state index contributed by atoms with van der Waals surface area (Å²) in [6.07, 6.45) is 5.74. The number of hydrogen-bond acceptors (Lipinski definition) is 4. The first-order valence-electron chi connectivity index (χ1n) is 6.08. The second kappa shape index (κ2) is 6.64. The number of rotatable bonds is 6. The number of nitro groups is 1. The van der Waals surface area contributed by atoms with Crippen LogP contribution in [0.25, 0.3) is 0 Å². The van der Waals surface area contributed by atoms with E-state index in [4.69, 9.17) is 11.2 Å². The number of terminal acetylenes is 1. The van der Waals surface area contributed by atoms with E-state index in [9.17, 15) is 10.1 Å². The van der Waals surface area contributed by atoms with Gasteiger partial charge in [-0.05, 0) is 20.8 Å². The van der Waals surface area contributed by atoms with Crippen molar-refractivity contribution in [1.82, 2.24) is 0 Å². The van der Waals surface area contributed by atoms with Gasteiger partial charge in [0.15, 0.2) is 0 Å². The first kappa shape index (κ1) is 14.8. The molecule has 0 aliphatic carbocycles. The summed E-state index contributed by atoms with van der Waals surface area (Å²) < 4.78 is 5.50. The lowest BCUT2D eigenvalue weighted by atomic mass is 10.2. The van der Waals surface area contributed by atoms with E-state index in [1.807, 2.05) is 20.8 Å². The fourth-order valence-corrected chi connectivity index (χ4v) is 1.62. The van der Waals surface area contributed by atoms with Crippen LogP contribution >= 0.6 is 0 Å². The van der Waals surface area contributed by atoms with Gasteiger partial charge in [-0.15, -0.1) is 12.3 Å². The summed E-state index contributed by atoms with van der Waals surface area (Å²) in [5, 5.41) is 14.0. The third kappa shape index (κ3) is 4.88. The Morgan fingerprint density at radius 2 is 2.11 bits per heavy atom. The van der Waals surface area contributed by atoms with E-state index in [0.29, 0.717) is 17.9 Å². The van der Waals surface area contributed by atoms with Gasteiger partial charge in [-0.1, -0.05) is 0 Å². The van der Waals surface area contributed by atoms with E-state index in [2.05, 4.69) is 11.2 Å². The van der Waals surface area contributed by atoms with E-state index in [0.717, 1.165) is 0 Å². The van der Waals surface area contributed by atoms with Crippen LogP contribution in [-0.2, 0) is 0 Å². The predicted molar refractivity (Wildman–Crippen MR) is 75.4 cm³/mol. The molecule has 5 nitrogen and oxygen atoms in total. The molecule has 0 aromatic heterocycles. The Kier molecular flexibility index (Phi) is 5.19. The lowest BCUT2D eigenvalue weighted by molar-refractivity contribution is -0.384. The first-order valence-corrected chi connectivity index (χ1v) is 6.08. The van der Waals surface area contributed by atoms with Crippen molar-refractivity contribution >= 4 is 11.4 Å². The number of non-ortho nitro benzene ring substituents is 1. The molecule has 19 heavy (non-hydrogen) atoms. The molecular weight excluding hydrogens is 244 g/mol. The minimum Gasteiger partial charge on any atom is -0.491 e. The number of nitrogens with one attached hydrogen (secondary N) is 1. The molecule has 102 valence electrons. The average molecular weight is 262 g/mol. The van der Waals surface area contributed by atoms with Crippen LogP contribution in [0.4, 0.5) is 11.4 Å². The molecule has 5 heteroatoms. The molecule has 0 radical (unpaired) electrons. The van der Waals surface area contributed by atoms with Crippen molar-refractivity contribution in [2.24, 2.45) is 0 Å². The number of nitro benzene ring substituents is 1. The zero-order valence-corrected chi connectivity index (χ0v) is 11.3. The molecule has 0 spiro atoms. The normalized spacial score (nSPS) is 11.7. The first-order chi connectivity index (χ1) is 8.92. The highest BCUT2D eigenvalue weighted by atomic mass is 16.6. The van der Waals surface area contributed by atoms with Gasteiger partial charge in [0.2, 0.25) is 0 Å². The molecule has 0 saturated carbocycles. The molecule has 0 bridgehead atoms. The molecule has 1 unspecified atom stereocenters. The van der Waals surface area contributed by atoms with E-state index in [1.54, 1.807) is 6.07 Å². The summed E-state index contributed by atoms with van der Waals surface area (Å²) in [7, 11) is 0. The Morgan fingerprint density at radius 3 is 2.63 bits per heavy atom. The maximum absolute atomic E-state index is 10.9. The van der Waals surface area contributed by atoms with Crippen molar-refractivity contribution in [2.75, 3.05) is 5.32 Å². The quantitative estimate of drug-likeness (QED) is 0.485. The Bertz CT molecular complexity index is 492. The summed E-state index contributed by atoms with van der Waals surface area (Å²) in [5.41, 5.74) is 0.626. The van der Waals surface area contributed by atoms with Gasteiger partial charge in [0, 0.05) is 30.3 Å². The minimum atomic E-state index is -0.440. The van der Waals surface area contributed by atoms with Gasteiger partial charge >= 0.3 is 0 Å². The highest BCUT2D eigenvalue weighted by Gasteiger charge is 2.12. The van der Waals surface area contributed by atoms with Crippen molar-refractivity contribution in [3.63, 3.8) is 0 Å². The van der Waals surface area contributed by atoms with Crippen LogP contribution < -0.4 is 10.1 Å². The topological polar surface area (TPSA) is 64.4 Å². The van der Waals surface area contributed by atoms with Crippen molar-refractivity contribution in [3.8, 4) is 18.1 Å². The molecule has 0 fully saturated rings.